The van der Waals surface area contributed by atoms with Crippen molar-refractivity contribution in [3.8, 4) is 0 Å². The lowest BCUT2D eigenvalue weighted by molar-refractivity contribution is -0.147. The fourth-order valence-electron chi connectivity index (χ4n) is 4.04. The molecule has 0 saturated carbocycles. The van der Waals surface area contributed by atoms with Crippen LogP contribution in [0.15, 0.2) is 24.5 Å². The number of pyridine rings is 1. The Labute approximate surface area is 145 Å². The molecule has 4 rings (SSSR count). The third-order valence-corrected chi connectivity index (χ3v) is 5.50. The predicted octanol–water partition coefficient (Wildman–Crippen LogP) is 0.746. The summed E-state index contributed by atoms with van der Waals surface area (Å²) in [6, 6.07) is 3.87. The van der Waals surface area contributed by atoms with Gasteiger partial charge in [0.1, 0.15) is 11.3 Å². The molecule has 2 atom stereocenters. The first-order valence-electron chi connectivity index (χ1n) is 8.71. The van der Waals surface area contributed by atoms with Gasteiger partial charge in [-0.15, -0.1) is 0 Å². The second-order valence-corrected chi connectivity index (χ2v) is 7.09. The molecule has 4 heterocycles. The third-order valence-electron chi connectivity index (χ3n) is 5.50. The Morgan fingerprint density at radius 1 is 1.48 bits per heavy atom. The number of imidazole rings is 1. The van der Waals surface area contributed by atoms with E-state index in [0.717, 1.165) is 17.6 Å². The molecular formula is C18H22N4O3. The minimum absolute atomic E-state index is 0.144. The van der Waals surface area contributed by atoms with Crippen LogP contribution in [0.4, 0.5) is 0 Å². The number of carbonyl (C=O) groups is 2. The first-order valence-corrected chi connectivity index (χ1v) is 8.71. The van der Waals surface area contributed by atoms with Crippen LogP contribution in [-0.2, 0) is 4.79 Å². The van der Waals surface area contributed by atoms with Crippen LogP contribution in [-0.4, -0.2) is 56.9 Å². The van der Waals surface area contributed by atoms with Crippen LogP contribution in [0.25, 0.3) is 5.65 Å². The molecule has 2 N–H and O–H groups in total. The molecule has 0 radical (unpaired) electrons. The summed E-state index contributed by atoms with van der Waals surface area (Å²) < 4.78 is 1.84. The van der Waals surface area contributed by atoms with Crippen LogP contribution in [0, 0.1) is 12.3 Å². The number of amides is 2. The topological polar surface area (TPSA) is 86.9 Å². The van der Waals surface area contributed by atoms with Gasteiger partial charge in [-0.25, -0.2) is 4.98 Å². The number of hydrogen-bond donors (Lipinski definition) is 2. The number of hydrogen-bond acceptors (Lipinski definition) is 4. The molecular weight excluding hydrogens is 320 g/mol. The van der Waals surface area contributed by atoms with Gasteiger partial charge in [-0.2, -0.15) is 0 Å². The van der Waals surface area contributed by atoms with Crippen molar-refractivity contribution in [2.45, 2.75) is 32.3 Å². The van der Waals surface area contributed by atoms with Crippen LogP contribution in [0.2, 0.25) is 0 Å². The number of piperidine rings is 2. The molecule has 2 aromatic rings. The number of nitrogens with one attached hydrogen (secondary N) is 1. The molecule has 7 heteroatoms. The Hall–Kier alpha value is -2.41. The Morgan fingerprint density at radius 2 is 2.32 bits per heavy atom. The summed E-state index contributed by atoms with van der Waals surface area (Å²) in [6.07, 6.45) is 4.71. The highest BCUT2D eigenvalue weighted by atomic mass is 16.3. The summed E-state index contributed by atoms with van der Waals surface area (Å²) in [5, 5.41) is 13.3. The van der Waals surface area contributed by atoms with Crippen molar-refractivity contribution in [1.29, 1.82) is 0 Å². The summed E-state index contributed by atoms with van der Waals surface area (Å²) >= 11 is 0. The number of carbonyl (C=O) groups excluding carboxylic acids is 2. The Kier molecular flexibility index (Phi) is 3.76. The zero-order valence-corrected chi connectivity index (χ0v) is 14.2. The van der Waals surface area contributed by atoms with Crippen LogP contribution in [0.1, 0.15) is 35.3 Å². The van der Waals surface area contributed by atoms with E-state index in [1.807, 2.05) is 29.7 Å². The minimum atomic E-state index is -0.888. The molecule has 132 valence electrons. The van der Waals surface area contributed by atoms with Crippen LogP contribution >= 0.6 is 0 Å². The van der Waals surface area contributed by atoms with Gasteiger partial charge in [-0.05, 0) is 37.8 Å². The van der Waals surface area contributed by atoms with E-state index in [0.29, 0.717) is 31.6 Å². The van der Waals surface area contributed by atoms with E-state index >= 15 is 0 Å². The fourth-order valence-corrected chi connectivity index (χ4v) is 4.04. The number of aryl methyl sites for hydroxylation is 1. The normalized spacial score (nSPS) is 26.9. The quantitative estimate of drug-likeness (QED) is 0.800. The van der Waals surface area contributed by atoms with E-state index in [1.165, 1.54) is 0 Å². The van der Waals surface area contributed by atoms with Gasteiger partial charge < -0.3 is 19.7 Å². The summed E-state index contributed by atoms with van der Waals surface area (Å²) in [5.41, 5.74) is 1.24. The molecule has 2 aromatic heterocycles. The summed E-state index contributed by atoms with van der Waals surface area (Å²) in [7, 11) is 0. The average Bonchev–Trinajstić information content (AvgIpc) is 3.05. The fraction of sp³-hybridized carbons (Fsp3) is 0.500. The number of aliphatic hydroxyl groups excluding tert-OH is 1. The van der Waals surface area contributed by atoms with Gasteiger partial charge in [0, 0.05) is 32.0 Å². The predicted molar refractivity (Wildman–Crippen MR) is 91.1 cm³/mol. The highest BCUT2D eigenvalue weighted by molar-refractivity contribution is 5.94. The maximum absolute atomic E-state index is 13.0. The van der Waals surface area contributed by atoms with E-state index in [2.05, 4.69) is 10.3 Å². The lowest BCUT2D eigenvalue weighted by Crippen LogP contribution is -2.62. The standard InChI is InChI=1S/C18H22N4O3/c1-12-4-2-8-21-10-13(20-15(12)21)16(24)22-9-5-14(23)18(11-22)6-3-7-19-17(18)25/h2,4,8,10,14,23H,3,5-7,9,11H2,1H3,(H,19,25)/t14-,18-/m1/s1. The highest BCUT2D eigenvalue weighted by Crippen LogP contribution is 2.37. The molecule has 2 fully saturated rings. The van der Waals surface area contributed by atoms with E-state index in [1.54, 1.807) is 11.1 Å². The minimum Gasteiger partial charge on any atom is -0.392 e. The summed E-state index contributed by atoms with van der Waals surface area (Å²) in [5.74, 6) is -0.331. The van der Waals surface area contributed by atoms with Gasteiger partial charge in [-0.3, -0.25) is 9.59 Å². The molecule has 0 unspecified atom stereocenters. The molecule has 0 aliphatic carbocycles. The maximum Gasteiger partial charge on any atom is 0.274 e. The van der Waals surface area contributed by atoms with E-state index in [4.69, 9.17) is 0 Å². The van der Waals surface area contributed by atoms with Crippen LogP contribution in [0.3, 0.4) is 0 Å². The maximum atomic E-state index is 13.0. The van der Waals surface area contributed by atoms with E-state index in [-0.39, 0.29) is 18.4 Å². The largest absolute Gasteiger partial charge is 0.392 e. The molecule has 0 aromatic carbocycles. The Bertz CT molecular complexity index is 846. The first kappa shape index (κ1) is 16.1. The van der Waals surface area contributed by atoms with Crippen molar-refractivity contribution < 1.29 is 14.7 Å². The van der Waals surface area contributed by atoms with Crippen molar-refractivity contribution in [3.05, 3.63) is 35.8 Å². The van der Waals surface area contributed by atoms with Crippen molar-refractivity contribution in [2.75, 3.05) is 19.6 Å². The Balaban J connectivity index is 1.63. The summed E-state index contributed by atoms with van der Waals surface area (Å²) in [4.78, 5) is 31.5. The average molecular weight is 342 g/mol. The Morgan fingerprint density at radius 3 is 3.08 bits per heavy atom. The summed E-state index contributed by atoms with van der Waals surface area (Å²) in [6.45, 7) is 3.26. The van der Waals surface area contributed by atoms with Crippen molar-refractivity contribution >= 4 is 17.5 Å². The number of rotatable bonds is 1. The van der Waals surface area contributed by atoms with Crippen molar-refractivity contribution in [1.82, 2.24) is 19.6 Å². The van der Waals surface area contributed by atoms with Gasteiger partial charge >= 0.3 is 0 Å². The molecule has 2 aliphatic rings. The number of aromatic nitrogens is 2. The second-order valence-electron chi connectivity index (χ2n) is 7.09. The van der Waals surface area contributed by atoms with Crippen molar-refractivity contribution in [3.63, 3.8) is 0 Å². The van der Waals surface area contributed by atoms with Gasteiger partial charge in [-0.1, -0.05) is 6.07 Å². The SMILES string of the molecule is Cc1cccn2cc(C(=O)N3CC[C@@H](O)[C@@]4(CCCNC4=O)C3)nc12. The van der Waals surface area contributed by atoms with Gasteiger partial charge in [0.2, 0.25) is 5.91 Å². The van der Waals surface area contributed by atoms with E-state index in [9.17, 15) is 14.7 Å². The lowest BCUT2D eigenvalue weighted by atomic mass is 9.71. The smallest absolute Gasteiger partial charge is 0.274 e. The third kappa shape index (κ3) is 2.50. The number of fused-ring (bicyclic) bond motifs is 1. The first-order chi connectivity index (χ1) is 12.0. The monoisotopic (exact) mass is 342 g/mol. The molecule has 2 amide bonds. The highest BCUT2D eigenvalue weighted by Gasteiger charge is 2.50. The zero-order valence-electron chi connectivity index (χ0n) is 14.2. The molecule has 7 nitrogen and oxygen atoms in total. The number of likely N-dealkylation sites (tertiary alicyclic amines) is 1. The number of aliphatic hydroxyl groups is 1. The molecule has 25 heavy (non-hydrogen) atoms. The van der Waals surface area contributed by atoms with Gasteiger partial charge in [0.25, 0.3) is 5.91 Å². The van der Waals surface area contributed by atoms with Gasteiger partial charge in [0.05, 0.1) is 11.5 Å². The van der Waals surface area contributed by atoms with Crippen LogP contribution < -0.4 is 5.32 Å². The molecule has 1 spiro atoms. The number of nitrogens with zero attached hydrogens (tertiary/aromatic N) is 3. The molecule has 2 aliphatic heterocycles. The lowest BCUT2D eigenvalue weighted by Gasteiger charge is -2.46. The zero-order chi connectivity index (χ0) is 17.6. The van der Waals surface area contributed by atoms with Gasteiger partial charge in [0.15, 0.2) is 0 Å². The van der Waals surface area contributed by atoms with Crippen molar-refractivity contribution in [2.24, 2.45) is 5.41 Å². The molecule has 2 saturated heterocycles. The van der Waals surface area contributed by atoms with Crippen LogP contribution in [0.5, 0.6) is 0 Å². The second kappa shape index (κ2) is 5.84. The van der Waals surface area contributed by atoms with E-state index < -0.39 is 11.5 Å². The molecule has 0 bridgehead atoms.